The van der Waals surface area contributed by atoms with E-state index in [1.807, 2.05) is 48.5 Å². The lowest BCUT2D eigenvalue weighted by atomic mass is 10.1. The van der Waals surface area contributed by atoms with E-state index >= 15 is 0 Å². The molecule has 0 spiro atoms. The zero-order valence-corrected chi connectivity index (χ0v) is 15.8. The molecule has 0 aliphatic carbocycles. The lowest BCUT2D eigenvalue weighted by molar-refractivity contribution is 0.262. The van der Waals surface area contributed by atoms with Crippen molar-refractivity contribution in [3.05, 3.63) is 89.2 Å². The number of rotatable bonds is 5. The maximum Gasteiger partial charge on any atom is 0.323 e. The average Bonchev–Trinajstić information content (AvgIpc) is 3.12. The van der Waals surface area contributed by atoms with Crippen molar-refractivity contribution in [2.24, 2.45) is 0 Å². The van der Waals surface area contributed by atoms with Crippen molar-refractivity contribution in [3.63, 3.8) is 0 Å². The summed E-state index contributed by atoms with van der Waals surface area (Å²) in [4.78, 5) is 20.0. The van der Waals surface area contributed by atoms with Crippen molar-refractivity contribution in [1.29, 1.82) is 0 Å². The summed E-state index contributed by atoms with van der Waals surface area (Å²) in [7, 11) is 0. The summed E-state index contributed by atoms with van der Waals surface area (Å²) in [6, 6.07) is 22.5. The zero-order chi connectivity index (χ0) is 19.3. The standard InChI is InChI=1S/C22H19ClN4O/c23-16-8-12-18(13-9-16)25-22(28)24-17-10-5-15(6-11-17)7-14-21-26-19-3-1-2-4-20(19)27-21/h1-6,8-13H,7,14H2,(H,26,27)(H2,24,25,28). The number of hydrogen-bond donors (Lipinski definition) is 3. The lowest BCUT2D eigenvalue weighted by Crippen LogP contribution is -2.19. The summed E-state index contributed by atoms with van der Waals surface area (Å²) in [5.41, 5.74) is 4.65. The first-order chi connectivity index (χ1) is 13.7. The van der Waals surface area contributed by atoms with E-state index < -0.39 is 0 Å². The minimum atomic E-state index is -0.294. The average molecular weight is 391 g/mol. The molecule has 140 valence electrons. The Labute approximate surface area is 167 Å². The number of amides is 2. The van der Waals surface area contributed by atoms with E-state index in [1.54, 1.807) is 24.3 Å². The first kappa shape index (κ1) is 18.1. The van der Waals surface area contributed by atoms with Gasteiger partial charge in [-0.05, 0) is 60.5 Å². The summed E-state index contributed by atoms with van der Waals surface area (Å²) in [5.74, 6) is 0.978. The first-order valence-corrected chi connectivity index (χ1v) is 9.40. The molecule has 6 heteroatoms. The summed E-state index contributed by atoms with van der Waals surface area (Å²) in [6.45, 7) is 0. The van der Waals surface area contributed by atoms with Crippen LogP contribution in [-0.4, -0.2) is 16.0 Å². The molecule has 0 aliphatic rings. The molecule has 0 atom stereocenters. The van der Waals surface area contributed by atoms with Gasteiger partial charge in [0.25, 0.3) is 0 Å². The molecule has 1 aromatic heterocycles. The zero-order valence-electron chi connectivity index (χ0n) is 15.1. The molecule has 0 unspecified atom stereocenters. The molecule has 0 saturated carbocycles. The summed E-state index contributed by atoms with van der Waals surface area (Å²) >= 11 is 5.84. The monoisotopic (exact) mass is 390 g/mol. The number of para-hydroxylation sites is 2. The molecule has 0 fully saturated rings. The Morgan fingerprint density at radius 1 is 0.857 bits per heavy atom. The van der Waals surface area contributed by atoms with Crippen molar-refractivity contribution in [3.8, 4) is 0 Å². The lowest BCUT2D eigenvalue weighted by Gasteiger charge is -2.08. The molecule has 2 amide bonds. The maximum atomic E-state index is 12.1. The molecule has 0 saturated heterocycles. The van der Waals surface area contributed by atoms with Gasteiger partial charge in [-0.2, -0.15) is 0 Å². The molecule has 4 aromatic rings. The van der Waals surface area contributed by atoms with E-state index in [2.05, 4.69) is 20.6 Å². The molecule has 0 aliphatic heterocycles. The van der Waals surface area contributed by atoms with Gasteiger partial charge in [-0.3, -0.25) is 0 Å². The Balaban J connectivity index is 1.31. The predicted octanol–water partition coefficient (Wildman–Crippen LogP) is 5.65. The van der Waals surface area contributed by atoms with Gasteiger partial charge < -0.3 is 15.6 Å². The smallest absolute Gasteiger partial charge is 0.323 e. The van der Waals surface area contributed by atoms with Crippen LogP contribution in [0.1, 0.15) is 11.4 Å². The Kier molecular flexibility index (Phi) is 5.26. The number of fused-ring (bicyclic) bond motifs is 1. The summed E-state index contributed by atoms with van der Waals surface area (Å²) in [6.07, 6.45) is 1.70. The van der Waals surface area contributed by atoms with Crippen LogP contribution < -0.4 is 10.6 Å². The Bertz CT molecular complexity index is 1050. The highest BCUT2D eigenvalue weighted by Gasteiger charge is 2.05. The highest BCUT2D eigenvalue weighted by Crippen LogP contribution is 2.16. The van der Waals surface area contributed by atoms with E-state index in [0.717, 1.165) is 35.4 Å². The van der Waals surface area contributed by atoms with Crippen LogP contribution >= 0.6 is 11.6 Å². The number of urea groups is 1. The SMILES string of the molecule is O=C(Nc1ccc(Cl)cc1)Nc1ccc(CCc2nc3ccccc3[nH]2)cc1. The van der Waals surface area contributed by atoms with Crippen molar-refractivity contribution >= 4 is 40.0 Å². The quantitative estimate of drug-likeness (QED) is 0.412. The van der Waals surface area contributed by atoms with Gasteiger partial charge in [-0.1, -0.05) is 35.9 Å². The number of aromatic nitrogens is 2. The molecule has 1 heterocycles. The van der Waals surface area contributed by atoms with Gasteiger partial charge in [0.1, 0.15) is 5.82 Å². The second kappa shape index (κ2) is 8.15. The first-order valence-electron chi connectivity index (χ1n) is 9.02. The third-order valence-electron chi connectivity index (χ3n) is 4.40. The van der Waals surface area contributed by atoms with Gasteiger partial charge in [0.15, 0.2) is 0 Å². The normalized spacial score (nSPS) is 10.8. The topological polar surface area (TPSA) is 69.8 Å². The van der Waals surface area contributed by atoms with Crippen LogP contribution in [0.2, 0.25) is 5.02 Å². The van der Waals surface area contributed by atoms with E-state index in [9.17, 15) is 4.79 Å². The minimum Gasteiger partial charge on any atom is -0.342 e. The molecule has 4 rings (SSSR count). The fourth-order valence-electron chi connectivity index (χ4n) is 2.97. The van der Waals surface area contributed by atoms with Gasteiger partial charge >= 0.3 is 6.03 Å². The number of halogens is 1. The number of hydrogen-bond acceptors (Lipinski definition) is 2. The molecular weight excluding hydrogens is 372 g/mol. The van der Waals surface area contributed by atoms with Crippen LogP contribution in [0.3, 0.4) is 0 Å². The number of benzene rings is 3. The highest BCUT2D eigenvalue weighted by atomic mass is 35.5. The van der Waals surface area contributed by atoms with Crippen LogP contribution in [0.5, 0.6) is 0 Å². The third-order valence-corrected chi connectivity index (χ3v) is 4.65. The van der Waals surface area contributed by atoms with Crippen molar-refractivity contribution < 1.29 is 4.79 Å². The van der Waals surface area contributed by atoms with Crippen molar-refractivity contribution in [1.82, 2.24) is 9.97 Å². The van der Waals surface area contributed by atoms with Gasteiger partial charge in [0.05, 0.1) is 11.0 Å². The second-order valence-electron chi connectivity index (χ2n) is 6.48. The van der Waals surface area contributed by atoms with Crippen LogP contribution in [0.15, 0.2) is 72.8 Å². The molecule has 0 bridgehead atoms. The molecular formula is C22H19ClN4O. The van der Waals surface area contributed by atoms with E-state index in [0.29, 0.717) is 10.7 Å². The Morgan fingerprint density at radius 2 is 1.50 bits per heavy atom. The molecule has 3 N–H and O–H groups in total. The number of nitrogens with one attached hydrogen (secondary N) is 3. The highest BCUT2D eigenvalue weighted by molar-refractivity contribution is 6.30. The van der Waals surface area contributed by atoms with Gasteiger partial charge in [-0.25, -0.2) is 9.78 Å². The number of anilines is 2. The number of H-pyrrole nitrogens is 1. The van der Waals surface area contributed by atoms with Crippen LogP contribution in [0.4, 0.5) is 16.2 Å². The van der Waals surface area contributed by atoms with Gasteiger partial charge in [0, 0.05) is 22.8 Å². The Morgan fingerprint density at radius 3 is 2.18 bits per heavy atom. The minimum absolute atomic E-state index is 0.294. The summed E-state index contributed by atoms with van der Waals surface area (Å²) < 4.78 is 0. The van der Waals surface area contributed by atoms with Crippen molar-refractivity contribution in [2.75, 3.05) is 10.6 Å². The number of carbonyl (C=O) groups excluding carboxylic acids is 1. The maximum absolute atomic E-state index is 12.1. The second-order valence-corrected chi connectivity index (χ2v) is 6.92. The Hall–Kier alpha value is -3.31. The van der Waals surface area contributed by atoms with Crippen molar-refractivity contribution in [2.45, 2.75) is 12.8 Å². The third kappa shape index (κ3) is 4.50. The van der Waals surface area contributed by atoms with Crippen LogP contribution in [0.25, 0.3) is 11.0 Å². The van der Waals surface area contributed by atoms with Gasteiger partial charge in [0.2, 0.25) is 0 Å². The number of aromatic amines is 1. The predicted molar refractivity (Wildman–Crippen MR) is 114 cm³/mol. The van der Waals surface area contributed by atoms with E-state index in [1.165, 1.54) is 5.56 Å². The molecule has 3 aromatic carbocycles. The molecule has 0 radical (unpaired) electrons. The molecule has 28 heavy (non-hydrogen) atoms. The van der Waals surface area contributed by atoms with E-state index in [-0.39, 0.29) is 6.03 Å². The van der Waals surface area contributed by atoms with Crippen LogP contribution in [0, 0.1) is 0 Å². The fourth-order valence-corrected chi connectivity index (χ4v) is 3.09. The van der Waals surface area contributed by atoms with Gasteiger partial charge in [-0.15, -0.1) is 0 Å². The summed E-state index contributed by atoms with van der Waals surface area (Å²) in [5, 5.41) is 6.22. The number of carbonyl (C=O) groups is 1. The number of imidazole rings is 1. The van der Waals surface area contributed by atoms with E-state index in [4.69, 9.17) is 11.6 Å². The van der Waals surface area contributed by atoms with Crippen LogP contribution in [-0.2, 0) is 12.8 Å². The number of nitrogens with zero attached hydrogens (tertiary/aromatic N) is 1. The fraction of sp³-hybridized carbons (Fsp3) is 0.0909. The number of aryl methyl sites for hydroxylation is 2. The largest absolute Gasteiger partial charge is 0.342 e. The molecule has 5 nitrogen and oxygen atoms in total.